The van der Waals surface area contributed by atoms with Gasteiger partial charge in [-0.1, -0.05) is 71.1 Å². The summed E-state index contributed by atoms with van der Waals surface area (Å²) < 4.78 is 11.7. The fraction of sp³-hybridized carbons (Fsp3) is 0.923. The summed E-state index contributed by atoms with van der Waals surface area (Å²) in [6, 6.07) is 0. The lowest BCUT2D eigenvalue weighted by molar-refractivity contribution is 0.449. The van der Waals surface area contributed by atoms with Crippen LogP contribution in [0.1, 0.15) is 70.6 Å². The van der Waals surface area contributed by atoms with Crippen LogP contribution >= 0.6 is 0 Å². The van der Waals surface area contributed by atoms with E-state index in [9.17, 15) is 4.39 Å². The zero-order valence-corrected chi connectivity index (χ0v) is 9.57. The lowest BCUT2D eigenvalue weighted by Gasteiger charge is -2.01. The zero-order valence-electron chi connectivity index (χ0n) is 9.57. The molecular weight excluding hydrogens is 175 g/mol. The molecule has 0 saturated heterocycles. The molecule has 0 atom stereocenters. The Morgan fingerprint density at radius 1 is 0.571 bits per heavy atom. The van der Waals surface area contributed by atoms with Crippen molar-refractivity contribution in [2.24, 2.45) is 0 Å². The van der Waals surface area contributed by atoms with Crippen molar-refractivity contribution in [3.05, 3.63) is 6.92 Å². The molecule has 0 aromatic heterocycles. The van der Waals surface area contributed by atoms with Crippen LogP contribution in [0, 0.1) is 6.92 Å². The Morgan fingerprint density at radius 2 is 0.929 bits per heavy atom. The average Bonchev–Trinajstić information content (AvgIpc) is 2.21. The van der Waals surface area contributed by atoms with Gasteiger partial charge < -0.3 is 0 Å². The molecule has 0 amide bonds. The van der Waals surface area contributed by atoms with E-state index in [4.69, 9.17) is 0 Å². The monoisotopic (exact) mass is 201 g/mol. The minimum absolute atomic E-state index is 0.134. The van der Waals surface area contributed by atoms with E-state index in [0.717, 1.165) is 19.3 Å². The average molecular weight is 201 g/mol. The molecule has 0 N–H and O–H groups in total. The predicted octanol–water partition coefficient (Wildman–Crippen LogP) is 5.08. The Balaban J connectivity index is 2.78. The number of alkyl halides is 1. The van der Waals surface area contributed by atoms with Crippen LogP contribution < -0.4 is 0 Å². The van der Waals surface area contributed by atoms with Gasteiger partial charge in [-0.15, -0.1) is 0 Å². The van der Waals surface area contributed by atoms with Crippen LogP contribution in [0.5, 0.6) is 0 Å². The molecule has 0 aromatic rings. The highest BCUT2D eigenvalue weighted by Crippen LogP contribution is 2.10. The van der Waals surface area contributed by atoms with E-state index in [-0.39, 0.29) is 6.67 Å². The van der Waals surface area contributed by atoms with Gasteiger partial charge in [0.2, 0.25) is 0 Å². The second kappa shape index (κ2) is 12.9. The van der Waals surface area contributed by atoms with Crippen molar-refractivity contribution < 1.29 is 4.39 Å². The second-order valence-corrected chi connectivity index (χ2v) is 4.08. The standard InChI is InChI=1S/C13H26F/c1-2-3-4-5-6-7-8-9-10-11-12-13-14/h1-13H2. The fourth-order valence-corrected chi connectivity index (χ4v) is 1.69. The quantitative estimate of drug-likeness (QED) is 0.409. The molecule has 0 aliphatic rings. The maximum absolute atomic E-state index is 11.7. The number of halogens is 1. The third kappa shape index (κ3) is 11.9. The van der Waals surface area contributed by atoms with Crippen molar-refractivity contribution in [2.75, 3.05) is 6.67 Å². The summed E-state index contributed by atoms with van der Waals surface area (Å²) in [5.41, 5.74) is 0. The highest BCUT2D eigenvalue weighted by Gasteiger charge is 1.92. The van der Waals surface area contributed by atoms with Crippen molar-refractivity contribution in [1.29, 1.82) is 0 Å². The van der Waals surface area contributed by atoms with E-state index >= 15 is 0 Å². The zero-order chi connectivity index (χ0) is 10.5. The van der Waals surface area contributed by atoms with Crippen LogP contribution in [0.25, 0.3) is 0 Å². The molecule has 0 spiro atoms. The number of unbranched alkanes of at least 4 members (excludes halogenated alkanes) is 10. The molecular formula is C13H26F. The first kappa shape index (κ1) is 13.9. The molecule has 1 heteroatoms. The molecule has 1 radical (unpaired) electrons. The van der Waals surface area contributed by atoms with E-state index in [2.05, 4.69) is 6.92 Å². The van der Waals surface area contributed by atoms with Crippen LogP contribution in [-0.4, -0.2) is 6.67 Å². The lowest BCUT2D eigenvalue weighted by atomic mass is 10.1. The topological polar surface area (TPSA) is 0 Å². The smallest absolute Gasteiger partial charge is 0.0894 e. The van der Waals surface area contributed by atoms with Gasteiger partial charge in [-0.2, -0.15) is 0 Å². The number of hydrogen-bond acceptors (Lipinski definition) is 0. The predicted molar refractivity (Wildman–Crippen MR) is 62.1 cm³/mol. The molecule has 0 saturated carbocycles. The van der Waals surface area contributed by atoms with E-state index in [1.165, 1.54) is 51.4 Å². The minimum Gasteiger partial charge on any atom is -0.251 e. The summed E-state index contributed by atoms with van der Waals surface area (Å²) in [6.07, 6.45) is 13.6. The van der Waals surface area contributed by atoms with Crippen molar-refractivity contribution in [1.82, 2.24) is 0 Å². The van der Waals surface area contributed by atoms with Crippen molar-refractivity contribution >= 4 is 0 Å². The Morgan fingerprint density at radius 3 is 1.29 bits per heavy atom. The summed E-state index contributed by atoms with van der Waals surface area (Å²) in [5.74, 6) is 0. The summed E-state index contributed by atoms with van der Waals surface area (Å²) in [6.45, 7) is 3.70. The van der Waals surface area contributed by atoms with Crippen LogP contribution in [0.2, 0.25) is 0 Å². The van der Waals surface area contributed by atoms with Crippen molar-refractivity contribution in [3.8, 4) is 0 Å². The first-order chi connectivity index (χ1) is 6.91. The molecule has 0 fully saturated rings. The van der Waals surface area contributed by atoms with E-state index in [1.54, 1.807) is 0 Å². The third-order valence-corrected chi connectivity index (χ3v) is 2.63. The Kier molecular flexibility index (Phi) is 12.9. The minimum atomic E-state index is -0.134. The molecule has 0 unspecified atom stereocenters. The highest BCUT2D eigenvalue weighted by atomic mass is 19.1. The van der Waals surface area contributed by atoms with Gasteiger partial charge >= 0.3 is 0 Å². The van der Waals surface area contributed by atoms with Gasteiger partial charge in [0.25, 0.3) is 0 Å². The fourth-order valence-electron chi connectivity index (χ4n) is 1.69. The van der Waals surface area contributed by atoms with E-state index < -0.39 is 0 Å². The SMILES string of the molecule is [CH2]CCCCCCCCCCCCF. The molecule has 85 valence electrons. The van der Waals surface area contributed by atoms with Crippen molar-refractivity contribution in [2.45, 2.75) is 70.6 Å². The third-order valence-electron chi connectivity index (χ3n) is 2.63. The van der Waals surface area contributed by atoms with Gasteiger partial charge in [0.1, 0.15) is 0 Å². The van der Waals surface area contributed by atoms with Crippen LogP contribution in [0.3, 0.4) is 0 Å². The van der Waals surface area contributed by atoms with Crippen LogP contribution in [-0.2, 0) is 0 Å². The van der Waals surface area contributed by atoms with E-state index in [1.807, 2.05) is 0 Å². The summed E-state index contributed by atoms with van der Waals surface area (Å²) in [4.78, 5) is 0. The van der Waals surface area contributed by atoms with Gasteiger partial charge in [0.15, 0.2) is 0 Å². The summed E-state index contributed by atoms with van der Waals surface area (Å²) in [5, 5.41) is 0. The Bertz CT molecular complexity index is 79.2. The maximum Gasteiger partial charge on any atom is 0.0894 e. The molecule has 14 heavy (non-hydrogen) atoms. The summed E-state index contributed by atoms with van der Waals surface area (Å²) >= 11 is 0. The van der Waals surface area contributed by atoms with E-state index in [0.29, 0.717) is 0 Å². The highest BCUT2D eigenvalue weighted by molar-refractivity contribution is 4.48. The maximum atomic E-state index is 11.7. The molecule has 0 aromatic carbocycles. The molecule has 0 bridgehead atoms. The Labute approximate surface area is 89.3 Å². The van der Waals surface area contributed by atoms with Crippen LogP contribution in [0.4, 0.5) is 4.39 Å². The second-order valence-electron chi connectivity index (χ2n) is 4.08. The molecule has 0 aliphatic carbocycles. The van der Waals surface area contributed by atoms with Gasteiger partial charge in [0, 0.05) is 0 Å². The lowest BCUT2D eigenvalue weighted by Crippen LogP contribution is -1.82. The first-order valence-corrected chi connectivity index (χ1v) is 6.27. The molecule has 0 aliphatic heterocycles. The number of hydrogen-bond donors (Lipinski definition) is 0. The van der Waals surface area contributed by atoms with Crippen LogP contribution in [0.15, 0.2) is 0 Å². The normalized spacial score (nSPS) is 10.7. The number of rotatable bonds is 11. The molecule has 0 nitrogen and oxygen atoms in total. The Hall–Kier alpha value is -0.0700. The van der Waals surface area contributed by atoms with Gasteiger partial charge in [-0.3, -0.25) is 4.39 Å². The van der Waals surface area contributed by atoms with Gasteiger partial charge in [-0.25, -0.2) is 0 Å². The largest absolute Gasteiger partial charge is 0.251 e. The van der Waals surface area contributed by atoms with Gasteiger partial charge in [-0.05, 0) is 6.42 Å². The molecule has 0 heterocycles. The molecule has 0 rings (SSSR count). The van der Waals surface area contributed by atoms with Crippen molar-refractivity contribution in [3.63, 3.8) is 0 Å². The van der Waals surface area contributed by atoms with Gasteiger partial charge in [0.05, 0.1) is 6.67 Å². The summed E-state index contributed by atoms with van der Waals surface area (Å²) in [7, 11) is 0. The first-order valence-electron chi connectivity index (χ1n) is 6.27.